The van der Waals surface area contributed by atoms with E-state index in [0.29, 0.717) is 23.5 Å². The van der Waals surface area contributed by atoms with Gasteiger partial charge in [-0.2, -0.15) is 18.3 Å². The molecule has 162 valence electrons. The molecular weight excluding hydrogens is 397 g/mol. The summed E-state index contributed by atoms with van der Waals surface area (Å²) in [6.07, 6.45) is -3.50. The molecule has 2 aromatic rings. The van der Waals surface area contributed by atoms with Crippen molar-refractivity contribution >= 4 is 18.0 Å². The van der Waals surface area contributed by atoms with Crippen LogP contribution in [0.3, 0.4) is 0 Å². The molecule has 2 N–H and O–H groups in total. The molecule has 0 unspecified atom stereocenters. The molecule has 2 rings (SSSR count). The molecule has 0 saturated carbocycles. The first-order valence-electron chi connectivity index (χ1n) is 9.44. The topological polar surface area (TPSA) is 75.5 Å². The molecule has 0 aliphatic carbocycles. The van der Waals surface area contributed by atoms with E-state index < -0.39 is 23.6 Å². The van der Waals surface area contributed by atoms with Crippen LogP contribution in [0.25, 0.3) is 5.69 Å². The number of hydrogen-bond donors (Lipinski definition) is 2. The standard InChI is InChI=1S/C21H25F3N4O2/c1-13(2)11-25-19(29)10-20(30)27-26-12-16-9-14(3)28(15(16)4)18-8-6-5-7-17(18)21(22,23)24/h5-9,12-13H,10-11H2,1-4H3,(H,25,29)(H,27,30)/b26-12+. The molecule has 30 heavy (non-hydrogen) atoms. The minimum absolute atomic E-state index is 0.0190. The third kappa shape index (κ3) is 5.95. The third-order valence-corrected chi connectivity index (χ3v) is 4.34. The van der Waals surface area contributed by atoms with Crippen LogP contribution in [0.1, 0.15) is 42.8 Å². The third-order valence-electron chi connectivity index (χ3n) is 4.34. The van der Waals surface area contributed by atoms with Crippen molar-refractivity contribution in [3.63, 3.8) is 0 Å². The van der Waals surface area contributed by atoms with Crippen LogP contribution in [-0.2, 0) is 15.8 Å². The van der Waals surface area contributed by atoms with Crippen molar-refractivity contribution < 1.29 is 22.8 Å². The first-order valence-corrected chi connectivity index (χ1v) is 9.44. The molecule has 0 atom stereocenters. The Bertz CT molecular complexity index is 946. The van der Waals surface area contributed by atoms with Crippen LogP contribution in [0, 0.1) is 19.8 Å². The van der Waals surface area contributed by atoms with E-state index in [1.165, 1.54) is 22.9 Å². The predicted molar refractivity (Wildman–Crippen MR) is 108 cm³/mol. The minimum atomic E-state index is -4.49. The highest BCUT2D eigenvalue weighted by atomic mass is 19.4. The Kier molecular flexibility index (Phi) is 7.42. The summed E-state index contributed by atoms with van der Waals surface area (Å²) in [6.45, 7) is 7.71. The van der Waals surface area contributed by atoms with E-state index in [-0.39, 0.29) is 18.0 Å². The maximum absolute atomic E-state index is 13.4. The second kappa shape index (κ2) is 9.60. The van der Waals surface area contributed by atoms with Crippen molar-refractivity contribution in [2.75, 3.05) is 6.54 Å². The van der Waals surface area contributed by atoms with E-state index in [4.69, 9.17) is 0 Å². The van der Waals surface area contributed by atoms with Gasteiger partial charge in [0, 0.05) is 23.5 Å². The van der Waals surface area contributed by atoms with E-state index in [2.05, 4.69) is 15.8 Å². The maximum Gasteiger partial charge on any atom is 0.418 e. The van der Waals surface area contributed by atoms with Crippen molar-refractivity contribution in [2.24, 2.45) is 11.0 Å². The normalized spacial score (nSPS) is 11.9. The van der Waals surface area contributed by atoms with Crippen molar-refractivity contribution in [1.29, 1.82) is 0 Å². The van der Waals surface area contributed by atoms with Gasteiger partial charge >= 0.3 is 6.18 Å². The van der Waals surface area contributed by atoms with Crippen molar-refractivity contribution in [3.05, 3.63) is 52.8 Å². The van der Waals surface area contributed by atoms with Crippen LogP contribution >= 0.6 is 0 Å². The average molecular weight is 422 g/mol. The fraction of sp³-hybridized carbons (Fsp3) is 0.381. The lowest BCUT2D eigenvalue weighted by molar-refractivity contribution is -0.137. The molecule has 1 heterocycles. The number of hydrogen-bond acceptors (Lipinski definition) is 3. The second-order valence-electron chi connectivity index (χ2n) is 7.34. The van der Waals surface area contributed by atoms with Crippen LogP contribution in [0.15, 0.2) is 35.4 Å². The number of aryl methyl sites for hydroxylation is 1. The van der Waals surface area contributed by atoms with Gasteiger partial charge in [-0.25, -0.2) is 5.43 Å². The van der Waals surface area contributed by atoms with Gasteiger partial charge in [-0.05, 0) is 38.0 Å². The number of aromatic nitrogens is 1. The molecular formula is C21H25F3N4O2. The number of nitrogens with one attached hydrogen (secondary N) is 2. The molecule has 0 aliphatic heterocycles. The van der Waals surface area contributed by atoms with Gasteiger partial charge in [-0.1, -0.05) is 26.0 Å². The van der Waals surface area contributed by atoms with Gasteiger partial charge in [0.15, 0.2) is 0 Å². The van der Waals surface area contributed by atoms with Gasteiger partial charge in [0.25, 0.3) is 0 Å². The Morgan fingerprint density at radius 1 is 1.17 bits per heavy atom. The summed E-state index contributed by atoms with van der Waals surface area (Å²) in [5, 5.41) is 6.46. The molecule has 1 aromatic carbocycles. The summed E-state index contributed by atoms with van der Waals surface area (Å²) in [7, 11) is 0. The molecule has 6 nitrogen and oxygen atoms in total. The summed E-state index contributed by atoms with van der Waals surface area (Å²) in [6, 6.07) is 7.00. The summed E-state index contributed by atoms with van der Waals surface area (Å²) < 4.78 is 41.6. The van der Waals surface area contributed by atoms with E-state index in [1.54, 1.807) is 26.0 Å². The number of carbonyl (C=O) groups is 2. The lowest BCUT2D eigenvalue weighted by atomic mass is 10.1. The first-order chi connectivity index (χ1) is 14.0. The zero-order chi connectivity index (χ0) is 22.5. The lowest BCUT2D eigenvalue weighted by Gasteiger charge is -2.16. The Hall–Kier alpha value is -3.10. The highest BCUT2D eigenvalue weighted by Crippen LogP contribution is 2.35. The van der Waals surface area contributed by atoms with Crippen molar-refractivity contribution in [2.45, 2.75) is 40.3 Å². The predicted octanol–water partition coefficient (Wildman–Crippen LogP) is 3.73. The summed E-state index contributed by atoms with van der Waals surface area (Å²) >= 11 is 0. The monoisotopic (exact) mass is 422 g/mol. The van der Waals surface area contributed by atoms with E-state index in [0.717, 1.165) is 6.07 Å². The van der Waals surface area contributed by atoms with Gasteiger partial charge in [-0.15, -0.1) is 0 Å². The Morgan fingerprint density at radius 2 is 1.83 bits per heavy atom. The summed E-state index contributed by atoms with van der Waals surface area (Å²) in [5.74, 6) is -0.713. The highest BCUT2D eigenvalue weighted by Gasteiger charge is 2.34. The minimum Gasteiger partial charge on any atom is -0.355 e. The highest BCUT2D eigenvalue weighted by molar-refractivity contribution is 5.97. The zero-order valence-corrected chi connectivity index (χ0v) is 17.3. The Labute approximate surface area is 173 Å². The number of amides is 2. The molecule has 0 aliphatic rings. The molecule has 1 aromatic heterocycles. The van der Waals surface area contributed by atoms with Crippen molar-refractivity contribution in [1.82, 2.24) is 15.3 Å². The van der Waals surface area contributed by atoms with E-state index >= 15 is 0 Å². The van der Waals surface area contributed by atoms with Crippen LogP contribution in [0.4, 0.5) is 13.2 Å². The number of halogens is 3. The van der Waals surface area contributed by atoms with Gasteiger partial charge in [-0.3, -0.25) is 9.59 Å². The van der Waals surface area contributed by atoms with Crippen LogP contribution in [0.2, 0.25) is 0 Å². The van der Waals surface area contributed by atoms with Gasteiger partial charge in [0.05, 0.1) is 17.5 Å². The van der Waals surface area contributed by atoms with Gasteiger partial charge < -0.3 is 9.88 Å². The van der Waals surface area contributed by atoms with E-state index in [1.807, 2.05) is 13.8 Å². The number of benzene rings is 1. The number of carbonyl (C=O) groups excluding carboxylic acids is 2. The zero-order valence-electron chi connectivity index (χ0n) is 17.3. The summed E-state index contributed by atoms with van der Waals surface area (Å²) in [5.41, 5.74) is 3.22. The Morgan fingerprint density at radius 3 is 2.47 bits per heavy atom. The molecule has 0 bridgehead atoms. The molecule has 2 amide bonds. The smallest absolute Gasteiger partial charge is 0.355 e. The lowest BCUT2D eigenvalue weighted by Crippen LogP contribution is -2.32. The fourth-order valence-corrected chi connectivity index (χ4v) is 2.94. The van der Waals surface area contributed by atoms with Crippen LogP contribution in [-0.4, -0.2) is 29.1 Å². The van der Waals surface area contributed by atoms with E-state index in [9.17, 15) is 22.8 Å². The number of nitrogens with zero attached hydrogens (tertiary/aromatic N) is 2. The average Bonchev–Trinajstić information content (AvgIpc) is 2.92. The summed E-state index contributed by atoms with van der Waals surface area (Å²) in [4.78, 5) is 23.4. The first kappa shape index (κ1) is 23.2. The van der Waals surface area contributed by atoms with Crippen molar-refractivity contribution in [3.8, 4) is 5.69 Å². The SMILES string of the molecule is Cc1cc(/C=N/NC(=O)CC(=O)NCC(C)C)c(C)n1-c1ccccc1C(F)(F)F. The van der Waals surface area contributed by atoms with Gasteiger partial charge in [0.2, 0.25) is 11.8 Å². The van der Waals surface area contributed by atoms with Crippen LogP contribution < -0.4 is 10.7 Å². The molecule has 0 spiro atoms. The maximum atomic E-state index is 13.4. The fourth-order valence-electron chi connectivity index (χ4n) is 2.94. The molecule has 9 heteroatoms. The quantitative estimate of drug-likeness (QED) is 0.405. The molecule has 0 radical (unpaired) electrons. The van der Waals surface area contributed by atoms with Gasteiger partial charge in [0.1, 0.15) is 6.42 Å². The number of hydrazone groups is 1. The largest absolute Gasteiger partial charge is 0.418 e. The second-order valence-corrected chi connectivity index (χ2v) is 7.34. The number of para-hydroxylation sites is 1. The molecule has 0 fully saturated rings. The number of alkyl halides is 3. The Balaban J connectivity index is 2.14. The number of rotatable bonds is 7. The van der Waals surface area contributed by atoms with Crippen LogP contribution in [0.5, 0.6) is 0 Å². The molecule has 0 saturated heterocycles.